The number of hydrogen-bond donors (Lipinski definition) is 1. The standard InChI is InChI=1S/C23H24ClNO6/c1-4-31-18-13-15(7-10-17(18)30-3)20-19(21(26)14-5-8-16(24)9-6-14)22(27)23(28)25(20)11-12-29-2/h5-10,13,20,26H,4,11-12H2,1-3H3/b21-19-. The number of Topliss-reactive ketones (excluding diaryl/α,β-unsaturated/α-hetero) is 1. The van der Waals surface area contributed by atoms with E-state index in [0.717, 1.165) is 0 Å². The molecule has 1 heterocycles. The molecule has 3 rings (SSSR count). The molecule has 7 nitrogen and oxygen atoms in total. The number of aliphatic hydroxyl groups is 1. The minimum absolute atomic E-state index is 0.00367. The first-order valence-corrected chi connectivity index (χ1v) is 10.1. The highest BCUT2D eigenvalue weighted by Crippen LogP contribution is 2.41. The van der Waals surface area contributed by atoms with Gasteiger partial charge in [-0.3, -0.25) is 9.59 Å². The summed E-state index contributed by atoms with van der Waals surface area (Å²) >= 11 is 5.94. The minimum atomic E-state index is -0.809. The van der Waals surface area contributed by atoms with Gasteiger partial charge >= 0.3 is 0 Å². The molecule has 164 valence electrons. The summed E-state index contributed by atoms with van der Waals surface area (Å²) in [5.74, 6) is -0.731. The third kappa shape index (κ3) is 4.52. The molecule has 8 heteroatoms. The van der Waals surface area contributed by atoms with E-state index < -0.39 is 17.7 Å². The van der Waals surface area contributed by atoms with E-state index in [1.165, 1.54) is 19.1 Å². The summed E-state index contributed by atoms with van der Waals surface area (Å²) in [7, 11) is 3.04. The molecule has 1 fully saturated rings. The molecule has 1 amide bonds. The topological polar surface area (TPSA) is 85.3 Å². The number of amides is 1. The van der Waals surface area contributed by atoms with Crippen LogP contribution in [-0.2, 0) is 14.3 Å². The highest BCUT2D eigenvalue weighted by atomic mass is 35.5. The number of ketones is 1. The maximum Gasteiger partial charge on any atom is 0.295 e. The lowest BCUT2D eigenvalue weighted by molar-refractivity contribution is -0.140. The number of carbonyl (C=O) groups is 2. The average molecular weight is 446 g/mol. The molecule has 1 N–H and O–H groups in total. The Kier molecular flexibility index (Phi) is 7.20. The average Bonchev–Trinajstić information content (AvgIpc) is 3.02. The van der Waals surface area contributed by atoms with Gasteiger partial charge in [-0.25, -0.2) is 0 Å². The summed E-state index contributed by atoms with van der Waals surface area (Å²) in [6, 6.07) is 10.8. The van der Waals surface area contributed by atoms with Crippen molar-refractivity contribution in [1.82, 2.24) is 4.90 Å². The van der Waals surface area contributed by atoms with Crippen LogP contribution in [0.4, 0.5) is 0 Å². The van der Waals surface area contributed by atoms with Gasteiger partial charge in [0.25, 0.3) is 11.7 Å². The first-order chi connectivity index (χ1) is 14.9. The third-order valence-corrected chi connectivity index (χ3v) is 5.25. The monoisotopic (exact) mass is 445 g/mol. The quantitative estimate of drug-likeness (QED) is 0.378. The number of methoxy groups -OCH3 is 2. The van der Waals surface area contributed by atoms with Gasteiger partial charge in [0.15, 0.2) is 11.5 Å². The van der Waals surface area contributed by atoms with Gasteiger partial charge in [-0.2, -0.15) is 0 Å². The van der Waals surface area contributed by atoms with E-state index in [0.29, 0.717) is 34.3 Å². The van der Waals surface area contributed by atoms with Crippen molar-refractivity contribution >= 4 is 29.1 Å². The molecule has 0 spiro atoms. The zero-order valence-electron chi connectivity index (χ0n) is 17.6. The summed E-state index contributed by atoms with van der Waals surface area (Å²) in [6.45, 7) is 2.67. The lowest BCUT2D eigenvalue weighted by atomic mass is 9.95. The molecule has 31 heavy (non-hydrogen) atoms. The van der Waals surface area contributed by atoms with Gasteiger partial charge in [-0.1, -0.05) is 17.7 Å². The van der Waals surface area contributed by atoms with E-state index in [9.17, 15) is 14.7 Å². The van der Waals surface area contributed by atoms with Crippen LogP contribution in [-0.4, -0.2) is 55.7 Å². The van der Waals surface area contributed by atoms with Gasteiger partial charge < -0.3 is 24.2 Å². The zero-order valence-corrected chi connectivity index (χ0v) is 18.3. The Bertz CT molecular complexity index is 1000. The number of ether oxygens (including phenoxy) is 3. The Morgan fingerprint density at radius 1 is 1.10 bits per heavy atom. The molecule has 0 aromatic heterocycles. The molecule has 1 aliphatic heterocycles. The molecule has 1 atom stereocenters. The van der Waals surface area contributed by atoms with E-state index in [1.807, 2.05) is 6.92 Å². The van der Waals surface area contributed by atoms with Crippen molar-refractivity contribution in [1.29, 1.82) is 0 Å². The van der Waals surface area contributed by atoms with E-state index in [4.69, 9.17) is 25.8 Å². The van der Waals surface area contributed by atoms with Crippen molar-refractivity contribution in [2.75, 3.05) is 34.0 Å². The molecule has 0 radical (unpaired) electrons. The van der Waals surface area contributed by atoms with Crippen molar-refractivity contribution in [3.8, 4) is 11.5 Å². The second-order valence-corrected chi connectivity index (χ2v) is 7.27. The first kappa shape index (κ1) is 22.7. The van der Waals surface area contributed by atoms with Crippen LogP contribution in [0.25, 0.3) is 5.76 Å². The molecule has 0 saturated carbocycles. The number of aliphatic hydroxyl groups excluding tert-OH is 1. The number of halogens is 1. The second kappa shape index (κ2) is 9.85. The van der Waals surface area contributed by atoms with Gasteiger partial charge in [0.1, 0.15) is 5.76 Å². The Labute approximate surface area is 185 Å². The van der Waals surface area contributed by atoms with Crippen LogP contribution in [0.1, 0.15) is 24.1 Å². The summed E-state index contributed by atoms with van der Waals surface area (Å²) in [6.07, 6.45) is 0. The molecular formula is C23H24ClNO6. The van der Waals surface area contributed by atoms with E-state index >= 15 is 0 Å². The fraction of sp³-hybridized carbons (Fsp3) is 0.304. The van der Waals surface area contributed by atoms with Crippen molar-refractivity contribution in [3.63, 3.8) is 0 Å². The predicted molar refractivity (Wildman–Crippen MR) is 117 cm³/mol. The van der Waals surface area contributed by atoms with Crippen LogP contribution in [0.5, 0.6) is 11.5 Å². The zero-order chi connectivity index (χ0) is 22.5. The second-order valence-electron chi connectivity index (χ2n) is 6.84. The van der Waals surface area contributed by atoms with E-state index in [-0.39, 0.29) is 24.5 Å². The SMILES string of the molecule is CCOc1cc(C2/C(=C(/O)c3ccc(Cl)cc3)C(=O)C(=O)N2CCOC)ccc1OC. The predicted octanol–water partition coefficient (Wildman–Crippen LogP) is 3.82. The highest BCUT2D eigenvalue weighted by molar-refractivity contribution is 6.46. The number of rotatable bonds is 8. The molecule has 0 aliphatic carbocycles. The molecule has 1 aliphatic rings. The number of likely N-dealkylation sites (tertiary alicyclic amines) is 1. The largest absolute Gasteiger partial charge is 0.507 e. The van der Waals surface area contributed by atoms with Crippen LogP contribution in [0.2, 0.25) is 5.02 Å². The van der Waals surface area contributed by atoms with Crippen LogP contribution >= 0.6 is 11.6 Å². The first-order valence-electron chi connectivity index (χ1n) is 9.76. The molecule has 1 unspecified atom stereocenters. The fourth-order valence-electron chi connectivity index (χ4n) is 3.54. The molecular weight excluding hydrogens is 422 g/mol. The minimum Gasteiger partial charge on any atom is -0.507 e. The summed E-state index contributed by atoms with van der Waals surface area (Å²) in [5, 5.41) is 11.5. The summed E-state index contributed by atoms with van der Waals surface area (Å²) in [4.78, 5) is 27.2. The van der Waals surface area contributed by atoms with Crippen LogP contribution in [0, 0.1) is 0 Å². The summed E-state index contributed by atoms with van der Waals surface area (Å²) in [5.41, 5.74) is 0.990. The Morgan fingerprint density at radius 2 is 1.81 bits per heavy atom. The van der Waals surface area contributed by atoms with Gasteiger partial charge in [0, 0.05) is 24.2 Å². The number of carbonyl (C=O) groups excluding carboxylic acids is 2. The normalized spacial score (nSPS) is 17.8. The Hall–Kier alpha value is -3.03. The van der Waals surface area contributed by atoms with Crippen molar-refractivity contribution in [2.45, 2.75) is 13.0 Å². The Morgan fingerprint density at radius 3 is 2.42 bits per heavy atom. The maximum absolute atomic E-state index is 12.9. The van der Waals surface area contributed by atoms with E-state index in [1.54, 1.807) is 42.5 Å². The van der Waals surface area contributed by atoms with Crippen molar-refractivity contribution in [2.24, 2.45) is 0 Å². The van der Waals surface area contributed by atoms with Crippen molar-refractivity contribution in [3.05, 3.63) is 64.2 Å². The molecule has 0 bridgehead atoms. The smallest absolute Gasteiger partial charge is 0.295 e. The lowest BCUT2D eigenvalue weighted by Crippen LogP contribution is -2.32. The maximum atomic E-state index is 12.9. The van der Waals surface area contributed by atoms with Gasteiger partial charge in [-0.05, 0) is 48.9 Å². The van der Waals surface area contributed by atoms with Gasteiger partial charge in [0.05, 0.1) is 31.9 Å². The highest BCUT2D eigenvalue weighted by Gasteiger charge is 2.46. The third-order valence-electron chi connectivity index (χ3n) is 5.00. The van der Waals surface area contributed by atoms with Crippen molar-refractivity contribution < 1.29 is 28.9 Å². The van der Waals surface area contributed by atoms with Crippen LogP contribution in [0.3, 0.4) is 0 Å². The van der Waals surface area contributed by atoms with Gasteiger partial charge in [0.2, 0.25) is 0 Å². The molecule has 1 saturated heterocycles. The molecule has 2 aromatic carbocycles. The van der Waals surface area contributed by atoms with Crippen LogP contribution in [0.15, 0.2) is 48.0 Å². The van der Waals surface area contributed by atoms with E-state index in [2.05, 4.69) is 0 Å². The van der Waals surface area contributed by atoms with Crippen LogP contribution < -0.4 is 9.47 Å². The summed E-state index contributed by atoms with van der Waals surface area (Å²) < 4.78 is 16.1. The Balaban J connectivity index is 2.18. The number of benzene rings is 2. The number of nitrogens with zero attached hydrogens (tertiary/aromatic N) is 1. The molecule has 2 aromatic rings. The fourth-order valence-corrected chi connectivity index (χ4v) is 3.67. The van der Waals surface area contributed by atoms with Gasteiger partial charge in [-0.15, -0.1) is 0 Å². The lowest BCUT2D eigenvalue weighted by Gasteiger charge is -2.25. The number of hydrogen-bond acceptors (Lipinski definition) is 6.